The van der Waals surface area contributed by atoms with E-state index in [4.69, 9.17) is 24.2 Å². The van der Waals surface area contributed by atoms with Gasteiger partial charge in [-0.1, -0.05) is 23.7 Å². The average Bonchev–Trinajstić information content (AvgIpc) is 2.32. The number of hydrogen-bond acceptors (Lipinski definition) is 3. The Kier molecular flexibility index (Phi) is 6.60. The Labute approximate surface area is 153 Å². The van der Waals surface area contributed by atoms with Gasteiger partial charge in [0.05, 0.1) is 5.02 Å². The summed E-state index contributed by atoms with van der Waals surface area (Å²) in [7, 11) is 0. The van der Waals surface area contributed by atoms with Crippen molar-refractivity contribution in [2.75, 3.05) is 0 Å². The third kappa shape index (κ3) is 4.31. The Bertz CT molecular complexity index is 564. The van der Waals surface area contributed by atoms with Crippen LogP contribution in [0.2, 0.25) is 5.02 Å². The van der Waals surface area contributed by atoms with Crippen LogP contribution >= 0.6 is 11.6 Å². The van der Waals surface area contributed by atoms with Gasteiger partial charge in [0.1, 0.15) is 11.4 Å². The zero-order valence-corrected chi connectivity index (χ0v) is 13.8. The molecule has 2 rings (SSSR count). The summed E-state index contributed by atoms with van der Waals surface area (Å²) < 4.78 is 0. The molecule has 0 N–H and O–H groups in total. The minimum atomic E-state index is 0. The maximum Gasteiger partial charge on any atom is 1.00 e. The first-order chi connectivity index (χ1) is 7.77. The molecule has 0 saturated carbocycles. The number of hydrogen-bond donors (Lipinski definition) is 0. The molecule has 2 aromatic heterocycles. The topological polar surface area (TPSA) is 25.8 Å². The maximum atomic E-state index is 5.97. The van der Waals surface area contributed by atoms with Gasteiger partial charge in [-0.15, -0.1) is 0 Å². The Morgan fingerprint density at radius 3 is 2.59 bits per heavy atom. The molecule has 0 aliphatic carbocycles. The fourth-order valence-electron chi connectivity index (χ4n) is 1.07. The van der Waals surface area contributed by atoms with E-state index < -0.39 is 0 Å². The number of halogens is 1. The molecule has 0 aromatic carbocycles. The Balaban J connectivity index is 0.00000144. The van der Waals surface area contributed by atoms with E-state index in [0.29, 0.717) is 21.3 Å². The molecule has 78 valence electrons. The largest absolute Gasteiger partial charge is 1.00 e. The van der Waals surface area contributed by atoms with Crippen molar-refractivity contribution in [1.82, 2.24) is 9.97 Å². The normalized spacial score (nSPS) is 8.76. The second-order valence-corrected chi connectivity index (χ2v) is 3.75. The molecule has 0 aliphatic rings. The van der Waals surface area contributed by atoms with E-state index in [2.05, 4.69) is 21.8 Å². The van der Waals surface area contributed by atoms with E-state index in [9.17, 15) is 0 Å². The molecular weight excluding hydrogens is 279 g/mol. The van der Waals surface area contributed by atoms with Crippen molar-refractivity contribution in [3.05, 3.63) is 53.1 Å². The van der Waals surface area contributed by atoms with Gasteiger partial charge in [0.15, 0.2) is 0 Å². The zero-order valence-electron chi connectivity index (χ0n) is 9.14. The first kappa shape index (κ1) is 15.1. The molecule has 2 heterocycles. The summed E-state index contributed by atoms with van der Waals surface area (Å²) in [6.07, 6.45) is 3.28. The van der Waals surface area contributed by atoms with Gasteiger partial charge >= 0.3 is 51.4 Å². The van der Waals surface area contributed by atoms with Crippen LogP contribution < -0.4 is 51.4 Å². The maximum absolute atomic E-state index is 5.97. The first-order valence-corrected chi connectivity index (χ1v) is 5.30. The van der Waals surface area contributed by atoms with Crippen LogP contribution in [0, 0.1) is 11.8 Å². The van der Waals surface area contributed by atoms with Gasteiger partial charge in [-0.05, 0) is 24.0 Å². The molecule has 5 heteroatoms. The fraction of sp³-hybridized carbons (Fsp3) is 0. The van der Waals surface area contributed by atoms with Crippen molar-refractivity contribution in [1.29, 1.82) is 0 Å². The zero-order chi connectivity index (χ0) is 11.4. The van der Waals surface area contributed by atoms with Crippen LogP contribution in [-0.4, -0.2) is 9.97 Å². The molecule has 0 aliphatic heterocycles. The molecule has 0 saturated heterocycles. The van der Waals surface area contributed by atoms with Gasteiger partial charge in [0.2, 0.25) is 0 Å². The average molecular weight is 285 g/mol. The van der Waals surface area contributed by atoms with Crippen molar-refractivity contribution in [2.45, 2.75) is 4.90 Å². The van der Waals surface area contributed by atoms with Crippen LogP contribution in [0.25, 0.3) is 0 Å². The number of nitrogens with zero attached hydrogens (tertiary/aromatic N) is 2. The second kappa shape index (κ2) is 7.44. The standard InChI is InChI=1S/C12H7ClN2S.K/c13-12-10(15-8-6-11(12)16)5-4-9-3-1-2-7-14-9;/h1-3,6-8H,(H,15,16);/q;+1/p-1. The number of aromatic nitrogens is 2. The van der Waals surface area contributed by atoms with Gasteiger partial charge in [0, 0.05) is 12.4 Å². The van der Waals surface area contributed by atoms with Crippen molar-refractivity contribution in [3.8, 4) is 11.8 Å². The summed E-state index contributed by atoms with van der Waals surface area (Å²) in [5.74, 6) is 5.72. The predicted octanol–water partition coefficient (Wildman–Crippen LogP) is -0.560. The molecule has 0 atom stereocenters. The molecule has 0 bridgehead atoms. The summed E-state index contributed by atoms with van der Waals surface area (Å²) in [4.78, 5) is 8.69. The third-order valence-corrected chi connectivity index (χ3v) is 2.66. The minimum Gasteiger partial charge on any atom is -0.778 e. The van der Waals surface area contributed by atoms with Gasteiger partial charge < -0.3 is 12.6 Å². The number of pyridine rings is 2. The second-order valence-electron chi connectivity index (χ2n) is 2.94. The summed E-state index contributed by atoms with van der Waals surface area (Å²) in [5, 5.41) is 0.418. The molecule has 0 unspecified atom stereocenters. The molecule has 2 nitrogen and oxygen atoms in total. The van der Waals surface area contributed by atoms with Crippen LogP contribution in [0.3, 0.4) is 0 Å². The molecule has 2 aromatic rings. The fourth-order valence-corrected chi connectivity index (χ4v) is 1.39. The van der Waals surface area contributed by atoms with E-state index >= 15 is 0 Å². The monoisotopic (exact) mass is 284 g/mol. The Morgan fingerprint density at radius 2 is 1.88 bits per heavy atom. The van der Waals surface area contributed by atoms with Crippen LogP contribution in [0.5, 0.6) is 0 Å². The smallest absolute Gasteiger partial charge is 0.778 e. The molecule has 0 spiro atoms. The molecule has 0 amide bonds. The summed E-state index contributed by atoms with van der Waals surface area (Å²) in [6.45, 7) is 0. The summed E-state index contributed by atoms with van der Waals surface area (Å²) in [6, 6.07) is 7.19. The predicted molar refractivity (Wildman–Crippen MR) is 65.1 cm³/mol. The van der Waals surface area contributed by atoms with E-state index in [0.717, 1.165) is 0 Å². The van der Waals surface area contributed by atoms with Gasteiger partial charge in [0.25, 0.3) is 0 Å². The summed E-state index contributed by atoms with van der Waals surface area (Å²) in [5.41, 5.74) is 1.16. The molecule has 17 heavy (non-hydrogen) atoms. The molecular formula is C12H6ClKN2S. The molecule has 0 radical (unpaired) electrons. The van der Waals surface area contributed by atoms with Crippen molar-refractivity contribution in [3.63, 3.8) is 0 Å². The minimum absolute atomic E-state index is 0. The van der Waals surface area contributed by atoms with Gasteiger partial charge in [-0.2, -0.15) is 4.90 Å². The summed E-state index contributed by atoms with van der Waals surface area (Å²) >= 11 is 11.0. The van der Waals surface area contributed by atoms with Crippen molar-refractivity contribution >= 4 is 24.2 Å². The third-order valence-electron chi connectivity index (χ3n) is 1.83. The SMILES string of the molecule is [K+].[S-]c1ccnc(C#Cc2ccccn2)c1Cl. The van der Waals surface area contributed by atoms with E-state index in [1.165, 1.54) is 0 Å². The van der Waals surface area contributed by atoms with Crippen LogP contribution in [0.1, 0.15) is 11.4 Å². The van der Waals surface area contributed by atoms with Crippen molar-refractivity contribution in [2.24, 2.45) is 0 Å². The Morgan fingerprint density at radius 1 is 1.06 bits per heavy atom. The van der Waals surface area contributed by atoms with Gasteiger partial charge in [-0.25, -0.2) is 9.97 Å². The number of rotatable bonds is 0. The molecule has 0 fully saturated rings. The Hall–Kier alpha value is 0.00636. The van der Waals surface area contributed by atoms with E-state index in [-0.39, 0.29) is 51.4 Å². The van der Waals surface area contributed by atoms with Crippen LogP contribution in [0.4, 0.5) is 0 Å². The van der Waals surface area contributed by atoms with Crippen LogP contribution in [-0.2, 0) is 12.6 Å². The quantitative estimate of drug-likeness (QED) is 0.369. The first-order valence-electron chi connectivity index (χ1n) is 4.52. The van der Waals surface area contributed by atoms with Crippen molar-refractivity contribution < 1.29 is 51.4 Å². The van der Waals surface area contributed by atoms with E-state index in [1.807, 2.05) is 18.2 Å². The van der Waals surface area contributed by atoms with E-state index in [1.54, 1.807) is 18.5 Å². The van der Waals surface area contributed by atoms with Gasteiger partial charge in [-0.3, -0.25) is 0 Å². The van der Waals surface area contributed by atoms with Crippen LogP contribution in [0.15, 0.2) is 41.6 Å².